The van der Waals surface area contributed by atoms with Gasteiger partial charge in [-0.2, -0.15) is 0 Å². The topological polar surface area (TPSA) is 526 Å². The van der Waals surface area contributed by atoms with Gasteiger partial charge in [-0.1, -0.05) is 65.8 Å². The fourth-order valence-electron chi connectivity index (χ4n) is 14.9. The predicted octanol–water partition coefficient (Wildman–Crippen LogP) is 7.32. The molecule has 0 amide bonds. The van der Waals surface area contributed by atoms with E-state index in [1.807, 2.05) is 0 Å². The van der Waals surface area contributed by atoms with Crippen LogP contribution >= 0.6 is 0 Å². The molecule has 0 aliphatic rings. The van der Waals surface area contributed by atoms with Crippen LogP contribution in [-0.2, 0) is 191 Å². The van der Waals surface area contributed by atoms with Crippen LogP contribution in [0.15, 0.2) is 127 Å². The Labute approximate surface area is 760 Å². The molecule has 0 aromatic rings. The number of rotatable bonds is 68. The summed E-state index contributed by atoms with van der Waals surface area (Å²) in [6.45, 7) is 33.8. The van der Waals surface area contributed by atoms with Crippen LogP contribution < -0.4 is 0 Å². The van der Waals surface area contributed by atoms with Crippen LogP contribution in [0.2, 0.25) is 0 Å². The van der Waals surface area contributed by atoms with Crippen molar-refractivity contribution in [3.8, 4) is 0 Å². The highest BCUT2D eigenvalue weighted by atomic mass is 16.6. The Bertz CT molecular complexity index is 3900. The van der Waals surface area contributed by atoms with Crippen molar-refractivity contribution in [1.29, 1.82) is 0 Å². The Morgan fingerprint density at radius 2 is 0.229 bits per heavy atom. The van der Waals surface area contributed by atoms with Crippen LogP contribution in [0.3, 0.4) is 0 Å². The van der Waals surface area contributed by atoms with E-state index in [1.54, 1.807) is 0 Å². The third-order valence-electron chi connectivity index (χ3n) is 19.4. The molecule has 0 bridgehead atoms. The van der Waals surface area contributed by atoms with E-state index in [4.69, 9.17) is 94.7 Å². The third kappa shape index (κ3) is 42.3. The SMILES string of the molecule is C=CC(=O)OCCOC(=O)C(C)(C)CC(C)(CC(C)(CC(C)(CC(C)(CC(C)(CC(C)(CC(C)(CC(C)(CC(C)(C)C(=O)OCCOC(=O)C=C)C(=O)OCCOC(=O)C=C)C(=O)OCCOC(=O)C=C)C(=O)OCCOC(=O)C=C)C(=O)OCCOC(=O)C=C)C(=O)OCCOC(=O)C=C)C(=O)OCCOC(=O)C=C)C(=O)OCCOC(=O)C=C)C(=O)OCCOC(=O)C=C. The van der Waals surface area contributed by atoms with E-state index in [0.717, 1.165) is 102 Å². The third-order valence-corrected chi connectivity index (χ3v) is 19.4. The average Bonchev–Trinajstić information content (AvgIpc) is 0.749. The first kappa shape index (κ1) is 118. The van der Waals surface area contributed by atoms with Crippen LogP contribution in [0.25, 0.3) is 0 Å². The molecular formula is C91H124O40. The summed E-state index contributed by atoms with van der Waals surface area (Å²) in [5.41, 5.74) is -23.8. The zero-order chi connectivity index (χ0) is 100. The second kappa shape index (κ2) is 57.0. The predicted molar refractivity (Wildman–Crippen MR) is 455 cm³/mol. The van der Waals surface area contributed by atoms with Crippen molar-refractivity contribution in [3.05, 3.63) is 127 Å². The van der Waals surface area contributed by atoms with Gasteiger partial charge in [0, 0.05) is 60.8 Å². The van der Waals surface area contributed by atoms with E-state index in [0.29, 0.717) is 0 Å². The lowest BCUT2D eigenvalue weighted by molar-refractivity contribution is -0.181. The first-order valence-corrected chi connectivity index (χ1v) is 40.8. The lowest BCUT2D eigenvalue weighted by atomic mass is 9.56. The number of carbonyl (C=O) groups is 20. The van der Waals surface area contributed by atoms with Gasteiger partial charge >= 0.3 is 119 Å². The van der Waals surface area contributed by atoms with Crippen molar-refractivity contribution in [1.82, 2.24) is 0 Å². The van der Waals surface area contributed by atoms with Gasteiger partial charge in [-0.3, -0.25) is 47.9 Å². The molecule has 0 N–H and O–H groups in total. The quantitative estimate of drug-likeness (QED) is 0.0249. The standard InChI is InChI=1S/C91H124O40/c1-23-62(92)112-33-43-122-72(102)82(11,12)53-84(15,74(104)124-45-35-114-64(94)25-3)55-86(17,76(106)126-47-37-116-66(96)27-5)57-88(19,78(108)128-49-39-118-68(98)29-7)59-90(21,80(110)130-51-41-120-70(100)31-9)61-91(22,81(111)131-52-42-121-71(101)32-10)60-89(20,79(109)129-50-40-119-69(99)30-8)58-87(18,77(107)127-48-38-117-67(97)28-6)56-85(16,75(105)125-46-36-115-65(95)26-4)54-83(13,14)73(103)123-44-34-113-63(93)24-2/h23-32H,1-10,33-61H2,11-22H3. The van der Waals surface area contributed by atoms with Gasteiger partial charge in [0.05, 0.1) is 54.1 Å². The zero-order valence-electron chi connectivity index (χ0n) is 76.7. The maximum absolute atomic E-state index is 16.1. The van der Waals surface area contributed by atoms with Crippen molar-refractivity contribution in [2.75, 3.05) is 132 Å². The lowest BCUT2D eigenvalue weighted by Gasteiger charge is -2.47. The van der Waals surface area contributed by atoms with Crippen molar-refractivity contribution >= 4 is 119 Å². The van der Waals surface area contributed by atoms with E-state index in [1.165, 1.54) is 41.5 Å². The molecular weight excluding hydrogens is 1730 g/mol. The molecule has 40 heteroatoms. The van der Waals surface area contributed by atoms with Gasteiger partial charge in [0.25, 0.3) is 0 Å². The summed E-state index contributed by atoms with van der Waals surface area (Å²) in [7, 11) is 0. The number of hydrogen-bond acceptors (Lipinski definition) is 40. The van der Waals surface area contributed by atoms with Gasteiger partial charge < -0.3 is 94.7 Å². The van der Waals surface area contributed by atoms with Crippen molar-refractivity contribution < 1.29 is 191 Å². The monoisotopic (exact) mass is 1860 g/mol. The highest BCUT2D eigenvalue weighted by molar-refractivity contribution is 5.90. The Morgan fingerprint density at radius 1 is 0.145 bits per heavy atom. The smallest absolute Gasteiger partial charge is 0.330 e. The van der Waals surface area contributed by atoms with E-state index in [-0.39, 0.29) is 0 Å². The Hall–Kier alpha value is -13.2. The second-order valence-electron chi connectivity index (χ2n) is 32.9. The van der Waals surface area contributed by atoms with E-state index in [2.05, 4.69) is 65.8 Å². The van der Waals surface area contributed by atoms with Crippen LogP contribution in [0.4, 0.5) is 0 Å². The van der Waals surface area contributed by atoms with Crippen LogP contribution in [0, 0.1) is 54.1 Å². The summed E-state index contributed by atoms with van der Waals surface area (Å²) < 4.78 is 109. The number of ether oxygens (including phenoxy) is 20. The van der Waals surface area contributed by atoms with E-state index >= 15 is 38.4 Å². The van der Waals surface area contributed by atoms with Crippen molar-refractivity contribution in [3.63, 3.8) is 0 Å². The van der Waals surface area contributed by atoms with Gasteiger partial charge in [-0.25, -0.2) is 47.9 Å². The fourth-order valence-corrected chi connectivity index (χ4v) is 14.9. The van der Waals surface area contributed by atoms with Crippen LogP contribution in [0.1, 0.15) is 141 Å². The summed E-state index contributed by atoms with van der Waals surface area (Å²) in [5.74, 6) is -22.8. The first-order chi connectivity index (χ1) is 61.1. The first-order valence-electron chi connectivity index (χ1n) is 40.8. The molecule has 0 aliphatic carbocycles. The van der Waals surface area contributed by atoms with Gasteiger partial charge in [0.15, 0.2) is 0 Å². The summed E-state index contributed by atoms with van der Waals surface area (Å²) in [4.78, 5) is 278. The lowest BCUT2D eigenvalue weighted by Crippen LogP contribution is -2.52. The maximum atomic E-state index is 16.1. The summed E-state index contributed by atoms with van der Waals surface area (Å²) in [6, 6.07) is 0. The Morgan fingerprint density at radius 3 is 0.328 bits per heavy atom. The molecule has 0 aromatic heterocycles. The molecule has 0 saturated carbocycles. The van der Waals surface area contributed by atoms with Crippen LogP contribution in [-0.4, -0.2) is 252 Å². The summed E-state index contributed by atoms with van der Waals surface area (Å²) >= 11 is 0. The number of carbonyl (C=O) groups excluding carboxylic acids is 20. The molecule has 0 saturated heterocycles. The van der Waals surface area contributed by atoms with E-state index < -0.39 is 363 Å². The van der Waals surface area contributed by atoms with Gasteiger partial charge in [0.2, 0.25) is 0 Å². The molecule has 40 nitrogen and oxygen atoms in total. The number of esters is 20. The number of hydrogen-bond donors (Lipinski definition) is 0. The van der Waals surface area contributed by atoms with Gasteiger partial charge in [-0.05, 0) is 141 Å². The molecule has 728 valence electrons. The Kier molecular flexibility index (Phi) is 51.2. The molecule has 8 atom stereocenters. The highest BCUT2D eigenvalue weighted by Crippen LogP contribution is 2.57. The van der Waals surface area contributed by atoms with Crippen molar-refractivity contribution in [2.45, 2.75) is 141 Å². The molecule has 8 unspecified atom stereocenters. The highest BCUT2D eigenvalue weighted by Gasteiger charge is 2.61. The fraction of sp³-hybridized carbons (Fsp3) is 0.560. The van der Waals surface area contributed by atoms with Crippen molar-refractivity contribution in [2.24, 2.45) is 54.1 Å². The van der Waals surface area contributed by atoms with E-state index in [9.17, 15) is 57.5 Å². The molecule has 0 radical (unpaired) electrons. The molecule has 0 fully saturated rings. The molecule has 0 rings (SSSR count). The molecule has 0 spiro atoms. The maximum Gasteiger partial charge on any atom is 0.330 e. The summed E-state index contributed by atoms with van der Waals surface area (Å²) in [5, 5.41) is 0. The average molecular weight is 1860 g/mol. The minimum Gasteiger partial charge on any atom is -0.462 e. The van der Waals surface area contributed by atoms with Crippen LogP contribution in [0.5, 0.6) is 0 Å². The van der Waals surface area contributed by atoms with Gasteiger partial charge in [0.1, 0.15) is 132 Å². The minimum absolute atomic E-state index is 0.490. The largest absolute Gasteiger partial charge is 0.462 e. The second-order valence-corrected chi connectivity index (χ2v) is 32.9. The van der Waals surface area contributed by atoms with Gasteiger partial charge in [-0.15, -0.1) is 0 Å². The molecule has 0 aromatic carbocycles. The Balaban J connectivity index is 10.6. The summed E-state index contributed by atoms with van der Waals surface area (Å²) in [6.07, 6.45) is -0.850. The normalized spacial score (nSPS) is 14.6. The molecule has 0 heterocycles. The molecule has 131 heavy (non-hydrogen) atoms. The zero-order valence-corrected chi connectivity index (χ0v) is 76.7. The minimum atomic E-state index is -2.67. The molecule has 0 aliphatic heterocycles.